The molecule has 2 aromatic rings. The molecule has 0 bridgehead atoms. The third kappa shape index (κ3) is 2.07. The van der Waals surface area contributed by atoms with Gasteiger partial charge in [0, 0.05) is 5.56 Å². The van der Waals surface area contributed by atoms with E-state index in [1.807, 2.05) is 0 Å². The van der Waals surface area contributed by atoms with Gasteiger partial charge in [-0.25, -0.2) is 9.18 Å². The minimum atomic E-state index is -1.32. The summed E-state index contributed by atoms with van der Waals surface area (Å²) in [5.74, 6) is -2.38. The predicted octanol–water partition coefficient (Wildman–Crippen LogP) is 1.58. The van der Waals surface area contributed by atoms with Crippen molar-refractivity contribution in [2.24, 2.45) is 0 Å². The molecule has 0 unspecified atom stereocenters. The van der Waals surface area contributed by atoms with Gasteiger partial charge in [-0.15, -0.1) is 10.2 Å². The monoisotopic (exact) mass is 238 g/mol. The highest BCUT2D eigenvalue weighted by atomic mass is 19.1. The van der Waals surface area contributed by atoms with Crippen LogP contribution in [-0.2, 0) is 0 Å². The molecule has 17 heavy (non-hydrogen) atoms. The molecule has 1 aromatic heterocycles. The average Bonchev–Trinajstić information content (AvgIpc) is 2.79. The molecule has 0 saturated heterocycles. The summed E-state index contributed by atoms with van der Waals surface area (Å²) in [5.41, 5.74) is 0.378. The third-order valence-electron chi connectivity index (χ3n) is 2.01. The standard InChI is InChI=1S/C10H7FN2O4/c1-16-7-4-5(2-3-6(7)11)8-12-13-9(17-8)10(14)15/h2-4H,1H3,(H,14,15). The van der Waals surface area contributed by atoms with Crippen molar-refractivity contribution in [3.8, 4) is 17.2 Å². The molecular weight excluding hydrogens is 231 g/mol. The number of benzene rings is 1. The van der Waals surface area contributed by atoms with Gasteiger partial charge in [-0.1, -0.05) is 0 Å². The first kappa shape index (κ1) is 11.1. The van der Waals surface area contributed by atoms with Gasteiger partial charge in [0.25, 0.3) is 0 Å². The number of methoxy groups -OCH3 is 1. The maximum atomic E-state index is 13.1. The molecule has 0 aliphatic carbocycles. The Morgan fingerprint density at radius 2 is 2.24 bits per heavy atom. The first-order valence-corrected chi connectivity index (χ1v) is 4.52. The largest absolute Gasteiger partial charge is 0.494 e. The van der Waals surface area contributed by atoms with Crippen LogP contribution in [0.15, 0.2) is 22.6 Å². The summed E-state index contributed by atoms with van der Waals surface area (Å²) >= 11 is 0. The zero-order valence-corrected chi connectivity index (χ0v) is 8.68. The fourth-order valence-electron chi connectivity index (χ4n) is 1.22. The van der Waals surface area contributed by atoms with E-state index in [0.29, 0.717) is 5.56 Å². The van der Waals surface area contributed by atoms with E-state index in [2.05, 4.69) is 10.2 Å². The number of nitrogens with zero attached hydrogens (tertiary/aromatic N) is 2. The number of ether oxygens (including phenoxy) is 1. The van der Waals surface area contributed by atoms with Gasteiger partial charge >= 0.3 is 11.9 Å². The summed E-state index contributed by atoms with van der Waals surface area (Å²) in [5, 5.41) is 15.5. The molecule has 0 atom stereocenters. The molecule has 0 fully saturated rings. The topological polar surface area (TPSA) is 85.5 Å². The van der Waals surface area contributed by atoms with E-state index in [1.54, 1.807) is 0 Å². The molecule has 6 nitrogen and oxygen atoms in total. The number of hydrogen-bond donors (Lipinski definition) is 1. The van der Waals surface area contributed by atoms with Gasteiger partial charge in [-0.05, 0) is 18.2 Å². The van der Waals surface area contributed by atoms with Crippen LogP contribution in [0, 0.1) is 5.82 Å². The average molecular weight is 238 g/mol. The predicted molar refractivity (Wildman–Crippen MR) is 53.2 cm³/mol. The number of carboxylic acid groups (broad SMARTS) is 1. The van der Waals surface area contributed by atoms with Crippen molar-refractivity contribution in [1.82, 2.24) is 10.2 Å². The summed E-state index contributed by atoms with van der Waals surface area (Å²) in [4.78, 5) is 10.5. The van der Waals surface area contributed by atoms with E-state index < -0.39 is 17.7 Å². The lowest BCUT2D eigenvalue weighted by Crippen LogP contribution is -1.95. The lowest BCUT2D eigenvalue weighted by molar-refractivity contribution is 0.0654. The second-order valence-electron chi connectivity index (χ2n) is 3.07. The molecular formula is C10H7FN2O4. The SMILES string of the molecule is COc1cc(-c2nnc(C(=O)O)o2)ccc1F. The summed E-state index contributed by atoms with van der Waals surface area (Å²) < 4.78 is 22.8. The number of halogens is 1. The zero-order chi connectivity index (χ0) is 12.4. The van der Waals surface area contributed by atoms with Crippen molar-refractivity contribution in [2.45, 2.75) is 0 Å². The van der Waals surface area contributed by atoms with Crippen LogP contribution in [0.3, 0.4) is 0 Å². The number of carbonyl (C=O) groups is 1. The lowest BCUT2D eigenvalue weighted by Gasteiger charge is -2.02. The molecule has 0 radical (unpaired) electrons. The Morgan fingerprint density at radius 3 is 2.82 bits per heavy atom. The van der Waals surface area contributed by atoms with E-state index in [-0.39, 0.29) is 11.6 Å². The van der Waals surface area contributed by atoms with Crippen LogP contribution >= 0.6 is 0 Å². The van der Waals surface area contributed by atoms with E-state index in [9.17, 15) is 9.18 Å². The van der Waals surface area contributed by atoms with Crippen LogP contribution in [0.2, 0.25) is 0 Å². The quantitative estimate of drug-likeness (QED) is 0.873. The molecule has 0 spiro atoms. The Labute approximate surface area is 94.7 Å². The van der Waals surface area contributed by atoms with Crippen molar-refractivity contribution in [1.29, 1.82) is 0 Å². The Kier molecular flexibility index (Phi) is 2.73. The van der Waals surface area contributed by atoms with E-state index in [0.717, 1.165) is 0 Å². The second-order valence-corrected chi connectivity index (χ2v) is 3.07. The highest BCUT2D eigenvalue weighted by Crippen LogP contribution is 2.25. The lowest BCUT2D eigenvalue weighted by atomic mass is 10.2. The van der Waals surface area contributed by atoms with E-state index >= 15 is 0 Å². The summed E-state index contributed by atoms with van der Waals surface area (Å²) in [6, 6.07) is 3.89. The first-order valence-electron chi connectivity index (χ1n) is 4.52. The summed E-state index contributed by atoms with van der Waals surface area (Å²) in [6.45, 7) is 0. The first-order chi connectivity index (χ1) is 8.11. The van der Waals surface area contributed by atoms with E-state index in [4.69, 9.17) is 14.3 Å². The number of aromatic carboxylic acids is 1. The van der Waals surface area contributed by atoms with Crippen LogP contribution in [0.4, 0.5) is 4.39 Å². The molecule has 1 aromatic carbocycles. The van der Waals surface area contributed by atoms with Gasteiger partial charge in [-0.2, -0.15) is 0 Å². The van der Waals surface area contributed by atoms with Crippen LogP contribution < -0.4 is 4.74 Å². The van der Waals surface area contributed by atoms with Crippen LogP contribution in [0.25, 0.3) is 11.5 Å². The van der Waals surface area contributed by atoms with Gasteiger partial charge in [0.15, 0.2) is 11.6 Å². The smallest absolute Gasteiger partial charge is 0.393 e. The Morgan fingerprint density at radius 1 is 1.47 bits per heavy atom. The van der Waals surface area contributed by atoms with Gasteiger partial charge in [-0.3, -0.25) is 0 Å². The van der Waals surface area contributed by atoms with Gasteiger partial charge in [0.2, 0.25) is 5.89 Å². The van der Waals surface area contributed by atoms with Crippen LogP contribution in [-0.4, -0.2) is 28.4 Å². The maximum absolute atomic E-state index is 13.1. The molecule has 1 N–H and O–H groups in total. The maximum Gasteiger partial charge on any atom is 0.393 e. The summed E-state index contributed by atoms with van der Waals surface area (Å²) in [7, 11) is 1.32. The molecule has 0 aliphatic rings. The fourth-order valence-corrected chi connectivity index (χ4v) is 1.22. The number of rotatable bonds is 3. The van der Waals surface area contributed by atoms with Gasteiger partial charge in [0.1, 0.15) is 0 Å². The molecule has 88 valence electrons. The van der Waals surface area contributed by atoms with Crippen molar-refractivity contribution < 1.29 is 23.4 Å². The van der Waals surface area contributed by atoms with Crippen LogP contribution in [0.5, 0.6) is 5.75 Å². The minimum Gasteiger partial charge on any atom is -0.494 e. The normalized spacial score (nSPS) is 10.2. The van der Waals surface area contributed by atoms with Gasteiger partial charge in [0.05, 0.1) is 7.11 Å². The molecule has 2 rings (SSSR count). The Hall–Kier alpha value is -2.44. The third-order valence-corrected chi connectivity index (χ3v) is 2.01. The molecule has 0 saturated carbocycles. The highest BCUT2D eigenvalue weighted by molar-refractivity contribution is 5.82. The molecule has 0 amide bonds. The minimum absolute atomic E-state index is 0.0116. The second kappa shape index (κ2) is 4.20. The fraction of sp³-hybridized carbons (Fsp3) is 0.100. The van der Waals surface area contributed by atoms with Gasteiger partial charge < -0.3 is 14.3 Å². The Bertz CT molecular complexity index is 567. The molecule has 7 heteroatoms. The number of aromatic nitrogens is 2. The van der Waals surface area contributed by atoms with Crippen molar-refractivity contribution in [3.63, 3.8) is 0 Å². The summed E-state index contributed by atoms with van der Waals surface area (Å²) in [6.07, 6.45) is 0. The van der Waals surface area contributed by atoms with E-state index in [1.165, 1.54) is 25.3 Å². The van der Waals surface area contributed by atoms with Crippen LogP contribution in [0.1, 0.15) is 10.7 Å². The number of hydrogen-bond acceptors (Lipinski definition) is 5. The highest BCUT2D eigenvalue weighted by Gasteiger charge is 2.15. The molecule has 0 aliphatic heterocycles. The number of carboxylic acids is 1. The molecule has 1 heterocycles. The van der Waals surface area contributed by atoms with Crippen molar-refractivity contribution in [3.05, 3.63) is 29.9 Å². The van der Waals surface area contributed by atoms with Crippen molar-refractivity contribution >= 4 is 5.97 Å². The van der Waals surface area contributed by atoms with Crippen molar-refractivity contribution in [2.75, 3.05) is 7.11 Å². The zero-order valence-electron chi connectivity index (χ0n) is 8.68. The Balaban J connectivity index is 2.42.